The van der Waals surface area contributed by atoms with Crippen molar-refractivity contribution in [2.45, 2.75) is 38.5 Å². The molecular weight excluding hydrogens is 190 g/mol. The Hall–Kier alpha value is -0.570. The van der Waals surface area contributed by atoms with Crippen molar-refractivity contribution in [1.29, 1.82) is 0 Å². The summed E-state index contributed by atoms with van der Waals surface area (Å²) in [7, 11) is 0. The summed E-state index contributed by atoms with van der Waals surface area (Å²) in [5.41, 5.74) is 0. The van der Waals surface area contributed by atoms with Crippen LogP contribution in [-0.2, 0) is 4.79 Å². The molecule has 2 N–H and O–H groups in total. The van der Waals surface area contributed by atoms with Crippen LogP contribution in [0.15, 0.2) is 0 Å². The zero-order chi connectivity index (χ0) is 10.7. The zero-order valence-corrected chi connectivity index (χ0v) is 9.24. The second-order valence-corrected chi connectivity index (χ2v) is 5.02. The largest absolute Gasteiger partial charge is 0.481 e. The van der Waals surface area contributed by atoms with Crippen LogP contribution in [0.1, 0.15) is 38.5 Å². The standard InChI is InChI=1S/C12H21NO2/c14-12(15)11-8-13-7-10(11)9-5-3-1-2-4-6-9/h9-11,13H,1-8H2,(H,14,15). The lowest BCUT2D eigenvalue weighted by Crippen LogP contribution is -2.28. The molecule has 0 aromatic heterocycles. The fraction of sp³-hybridized carbons (Fsp3) is 0.917. The van der Waals surface area contributed by atoms with Crippen LogP contribution in [0.3, 0.4) is 0 Å². The summed E-state index contributed by atoms with van der Waals surface area (Å²) in [6, 6.07) is 0. The highest BCUT2D eigenvalue weighted by atomic mass is 16.4. The molecule has 0 bridgehead atoms. The molecule has 1 aliphatic carbocycles. The quantitative estimate of drug-likeness (QED) is 0.686. The molecule has 2 atom stereocenters. The van der Waals surface area contributed by atoms with Gasteiger partial charge in [0.1, 0.15) is 0 Å². The summed E-state index contributed by atoms with van der Waals surface area (Å²) in [5.74, 6) is 0.312. The Morgan fingerprint density at radius 1 is 1.07 bits per heavy atom. The number of hydrogen-bond acceptors (Lipinski definition) is 2. The maximum absolute atomic E-state index is 11.1. The second-order valence-electron chi connectivity index (χ2n) is 5.02. The lowest BCUT2D eigenvalue weighted by Gasteiger charge is -2.24. The van der Waals surface area contributed by atoms with Gasteiger partial charge in [0.15, 0.2) is 0 Å². The monoisotopic (exact) mass is 211 g/mol. The minimum Gasteiger partial charge on any atom is -0.481 e. The number of carbonyl (C=O) groups is 1. The lowest BCUT2D eigenvalue weighted by molar-refractivity contribution is -0.143. The first-order valence-corrected chi connectivity index (χ1v) is 6.22. The Balaban J connectivity index is 1.97. The third kappa shape index (κ3) is 2.51. The minimum absolute atomic E-state index is 0.131. The normalized spacial score (nSPS) is 33.9. The van der Waals surface area contributed by atoms with Crippen molar-refractivity contribution in [2.75, 3.05) is 13.1 Å². The smallest absolute Gasteiger partial charge is 0.308 e. The van der Waals surface area contributed by atoms with Crippen molar-refractivity contribution in [3.63, 3.8) is 0 Å². The summed E-state index contributed by atoms with van der Waals surface area (Å²) in [4.78, 5) is 11.1. The second kappa shape index (κ2) is 4.97. The van der Waals surface area contributed by atoms with Crippen molar-refractivity contribution in [2.24, 2.45) is 17.8 Å². The van der Waals surface area contributed by atoms with E-state index in [2.05, 4.69) is 5.32 Å². The molecule has 15 heavy (non-hydrogen) atoms. The van der Waals surface area contributed by atoms with E-state index in [4.69, 9.17) is 5.11 Å². The summed E-state index contributed by atoms with van der Waals surface area (Å²) in [6.07, 6.45) is 7.77. The first-order chi connectivity index (χ1) is 7.29. The number of carboxylic acid groups (broad SMARTS) is 1. The molecule has 0 aromatic rings. The van der Waals surface area contributed by atoms with E-state index in [1.54, 1.807) is 0 Å². The molecule has 86 valence electrons. The van der Waals surface area contributed by atoms with Crippen molar-refractivity contribution in [1.82, 2.24) is 5.32 Å². The molecule has 2 aliphatic rings. The number of hydrogen-bond donors (Lipinski definition) is 2. The average Bonchev–Trinajstić information content (AvgIpc) is 2.55. The number of aliphatic carboxylic acids is 1. The number of rotatable bonds is 2. The molecular formula is C12H21NO2. The first-order valence-electron chi connectivity index (χ1n) is 6.22. The molecule has 1 aliphatic heterocycles. The molecule has 1 saturated heterocycles. The Morgan fingerprint density at radius 3 is 2.33 bits per heavy atom. The molecule has 0 spiro atoms. The molecule has 2 rings (SSSR count). The molecule has 1 heterocycles. The third-order valence-electron chi connectivity index (χ3n) is 4.08. The minimum atomic E-state index is -0.603. The van der Waals surface area contributed by atoms with E-state index in [0.717, 1.165) is 6.54 Å². The van der Waals surface area contributed by atoms with Crippen LogP contribution < -0.4 is 5.32 Å². The van der Waals surface area contributed by atoms with E-state index in [0.29, 0.717) is 18.4 Å². The highest BCUT2D eigenvalue weighted by Gasteiger charge is 2.37. The molecule has 0 radical (unpaired) electrons. The molecule has 2 fully saturated rings. The van der Waals surface area contributed by atoms with Crippen molar-refractivity contribution in [3.8, 4) is 0 Å². The van der Waals surface area contributed by atoms with E-state index in [1.165, 1.54) is 38.5 Å². The van der Waals surface area contributed by atoms with E-state index >= 15 is 0 Å². The van der Waals surface area contributed by atoms with E-state index < -0.39 is 5.97 Å². The van der Waals surface area contributed by atoms with Gasteiger partial charge in [0.25, 0.3) is 0 Å². The van der Waals surface area contributed by atoms with Crippen molar-refractivity contribution < 1.29 is 9.90 Å². The molecule has 2 unspecified atom stereocenters. The predicted octanol–water partition coefficient (Wildman–Crippen LogP) is 1.88. The van der Waals surface area contributed by atoms with Crippen LogP contribution >= 0.6 is 0 Å². The van der Waals surface area contributed by atoms with E-state index in [1.807, 2.05) is 0 Å². The zero-order valence-electron chi connectivity index (χ0n) is 9.24. The van der Waals surface area contributed by atoms with Crippen molar-refractivity contribution in [3.05, 3.63) is 0 Å². The summed E-state index contributed by atoms with van der Waals surface area (Å²) >= 11 is 0. The van der Waals surface area contributed by atoms with Gasteiger partial charge in [-0.05, 0) is 18.4 Å². The molecule has 3 nitrogen and oxygen atoms in total. The van der Waals surface area contributed by atoms with Gasteiger partial charge in [0.2, 0.25) is 0 Å². The van der Waals surface area contributed by atoms with Crippen LogP contribution in [0.2, 0.25) is 0 Å². The van der Waals surface area contributed by atoms with Crippen LogP contribution in [0.4, 0.5) is 0 Å². The predicted molar refractivity (Wildman–Crippen MR) is 58.7 cm³/mol. The fourth-order valence-electron chi connectivity index (χ4n) is 3.20. The van der Waals surface area contributed by atoms with Gasteiger partial charge in [-0.2, -0.15) is 0 Å². The Bertz CT molecular complexity index is 222. The summed E-state index contributed by atoms with van der Waals surface area (Å²) in [6.45, 7) is 1.60. The highest BCUT2D eigenvalue weighted by molar-refractivity contribution is 5.71. The molecule has 1 saturated carbocycles. The molecule has 3 heteroatoms. The van der Waals surface area contributed by atoms with Gasteiger partial charge in [-0.25, -0.2) is 0 Å². The number of nitrogens with one attached hydrogen (secondary N) is 1. The summed E-state index contributed by atoms with van der Waals surface area (Å²) < 4.78 is 0. The van der Waals surface area contributed by atoms with Crippen LogP contribution in [0.25, 0.3) is 0 Å². The highest BCUT2D eigenvalue weighted by Crippen LogP contribution is 2.34. The maximum atomic E-state index is 11.1. The van der Waals surface area contributed by atoms with Gasteiger partial charge in [0, 0.05) is 6.54 Å². The Morgan fingerprint density at radius 2 is 1.73 bits per heavy atom. The number of carboxylic acids is 1. The first kappa shape index (κ1) is 10.9. The third-order valence-corrected chi connectivity index (χ3v) is 4.08. The Labute approximate surface area is 91.2 Å². The van der Waals surface area contributed by atoms with Gasteiger partial charge in [0.05, 0.1) is 5.92 Å². The van der Waals surface area contributed by atoms with Gasteiger partial charge >= 0.3 is 5.97 Å². The Kier molecular flexibility index (Phi) is 3.62. The van der Waals surface area contributed by atoms with Gasteiger partial charge in [-0.1, -0.05) is 38.5 Å². The van der Waals surface area contributed by atoms with Crippen LogP contribution in [0, 0.1) is 17.8 Å². The van der Waals surface area contributed by atoms with E-state index in [-0.39, 0.29) is 5.92 Å². The van der Waals surface area contributed by atoms with E-state index in [9.17, 15) is 4.79 Å². The topological polar surface area (TPSA) is 49.3 Å². The van der Waals surface area contributed by atoms with Gasteiger partial charge in [-0.15, -0.1) is 0 Å². The van der Waals surface area contributed by atoms with Gasteiger partial charge < -0.3 is 10.4 Å². The SMILES string of the molecule is O=C(O)C1CNCC1C1CCCCCC1. The molecule has 0 amide bonds. The van der Waals surface area contributed by atoms with Crippen LogP contribution in [0.5, 0.6) is 0 Å². The van der Waals surface area contributed by atoms with Crippen LogP contribution in [-0.4, -0.2) is 24.2 Å². The fourth-order valence-corrected chi connectivity index (χ4v) is 3.20. The maximum Gasteiger partial charge on any atom is 0.308 e. The van der Waals surface area contributed by atoms with Gasteiger partial charge in [-0.3, -0.25) is 4.79 Å². The average molecular weight is 211 g/mol. The van der Waals surface area contributed by atoms with Crippen molar-refractivity contribution >= 4 is 5.97 Å². The summed E-state index contributed by atoms with van der Waals surface area (Å²) in [5, 5.41) is 12.4. The lowest BCUT2D eigenvalue weighted by atomic mass is 9.80. The molecule has 0 aromatic carbocycles.